The number of hydrogen-bond acceptors (Lipinski definition) is 8. The average Bonchev–Trinajstić information content (AvgIpc) is 2.84. The van der Waals surface area contributed by atoms with E-state index in [1.54, 1.807) is 20.8 Å². The zero-order valence-corrected chi connectivity index (χ0v) is 22.6. The van der Waals surface area contributed by atoms with E-state index in [4.69, 9.17) is 9.47 Å². The molecule has 1 rings (SSSR count). The lowest BCUT2D eigenvalue weighted by Gasteiger charge is -2.30. The van der Waals surface area contributed by atoms with Crippen molar-refractivity contribution in [3.63, 3.8) is 0 Å². The van der Waals surface area contributed by atoms with Gasteiger partial charge in [-0.1, -0.05) is 48.0 Å². The van der Waals surface area contributed by atoms with Crippen molar-refractivity contribution in [1.82, 2.24) is 16.0 Å². The molecule has 0 aliphatic carbocycles. The Balaban J connectivity index is 3.56. The van der Waals surface area contributed by atoms with Crippen LogP contribution >= 0.6 is 0 Å². The fourth-order valence-corrected chi connectivity index (χ4v) is 3.60. The molecule has 11 nitrogen and oxygen atoms in total. The summed E-state index contributed by atoms with van der Waals surface area (Å²) in [5.74, 6) is -5.10. The lowest BCUT2D eigenvalue weighted by atomic mass is 9.96. The highest BCUT2D eigenvalue weighted by Crippen LogP contribution is 2.19. The van der Waals surface area contributed by atoms with Gasteiger partial charge in [0, 0.05) is 11.8 Å². The number of cyclic esters (lactones) is 2. The Morgan fingerprint density at radius 3 is 1.47 bits per heavy atom. The number of carbonyl (C=O) groups excluding carboxylic acids is 5. The van der Waals surface area contributed by atoms with E-state index in [-0.39, 0.29) is 11.8 Å². The Labute approximate surface area is 213 Å². The van der Waals surface area contributed by atoms with Crippen LogP contribution in [0.3, 0.4) is 0 Å². The lowest BCUT2D eigenvalue weighted by Crippen LogP contribution is -2.56. The fourth-order valence-electron chi connectivity index (χ4n) is 3.60. The third-order valence-electron chi connectivity index (χ3n) is 6.88. The second kappa shape index (κ2) is 14.2. The van der Waals surface area contributed by atoms with Crippen LogP contribution in [-0.4, -0.2) is 71.2 Å². The van der Waals surface area contributed by atoms with Crippen LogP contribution in [0, 0.1) is 17.8 Å². The monoisotopic (exact) mass is 513 g/mol. The first-order valence-electron chi connectivity index (χ1n) is 12.8. The number of hydrogen-bond donors (Lipinski definition) is 4. The highest BCUT2D eigenvalue weighted by atomic mass is 16.6. The van der Waals surface area contributed by atoms with E-state index < -0.39 is 72.0 Å². The van der Waals surface area contributed by atoms with Crippen LogP contribution in [-0.2, 0) is 33.4 Å². The van der Waals surface area contributed by atoms with Gasteiger partial charge < -0.3 is 30.5 Å². The minimum Gasteiger partial charge on any atom is -0.450 e. The molecule has 11 heteroatoms. The molecule has 0 aromatic rings. The molecule has 0 radical (unpaired) electrons. The maximum absolute atomic E-state index is 13.3. The van der Waals surface area contributed by atoms with Gasteiger partial charge in [0.2, 0.25) is 5.91 Å². The third kappa shape index (κ3) is 8.18. The molecule has 3 amide bonds. The van der Waals surface area contributed by atoms with Gasteiger partial charge in [-0.3, -0.25) is 14.4 Å². The summed E-state index contributed by atoms with van der Waals surface area (Å²) < 4.78 is 11.1. The molecule has 9 atom stereocenters. The molecule has 0 bridgehead atoms. The summed E-state index contributed by atoms with van der Waals surface area (Å²) in [6.45, 7) is 13.4. The smallest absolute Gasteiger partial charge is 0.332 e. The number of aliphatic hydroxyl groups excluding tert-OH is 1. The summed E-state index contributed by atoms with van der Waals surface area (Å²) in [5, 5.41) is 17.7. The van der Waals surface area contributed by atoms with Crippen molar-refractivity contribution >= 4 is 29.7 Å². The van der Waals surface area contributed by atoms with Gasteiger partial charge in [0.15, 0.2) is 18.2 Å². The Bertz CT molecular complexity index is 802. The molecule has 1 heterocycles. The van der Waals surface area contributed by atoms with Crippen molar-refractivity contribution in [3.05, 3.63) is 0 Å². The first-order valence-corrected chi connectivity index (χ1v) is 12.8. The molecule has 4 N–H and O–H groups in total. The van der Waals surface area contributed by atoms with E-state index in [0.29, 0.717) is 19.3 Å². The van der Waals surface area contributed by atoms with Crippen molar-refractivity contribution in [3.8, 4) is 0 Å². The standard InChI is InChI=1S/C25H43N3O8/c1-9-12(4)17-24(33)35-19(13(5)10-2)22(31)26-15(7)21(30)28-18(16(8)29)25(34)36-20(14(6)11-3)23(32)27-17/h12-20,29H,9-11H2,1-8H3,(H,26,31)(H,27,32)(H,28,30)/t12-,13+,14+,15-,16+,17-,18-,19-,20-/m0/s1. The summed E-state index contributed by atoms with van der Waals surface area (Å²) >= 11 is 0. The maximum Gasteiger partial charge on any atom is 0.332 e. The number of ether oxygens (including phenoxy) is 2. The van der Waals surface area contributed by atoms with Crippen LogP contribution in [0.15, 0.2) is 0 Å². The summed E-state index contributed by atoms with van der Waals surface area (Å²) in [5.41, 5.74) is 0. The van der Waals surface area contributed by atoms with E-state index in [9.17, 15) is 29.1 Å². The Morgan fingerprint density at radius 1 is 0.667 bits per heavy atom. The van der Waals surface area contributed by atoms with Gasteiger partial charge in [0.1, 0.15) is 12.1 Å². The van der Waals surface area contributed by atoms with Gasteiger partial charge >= 0.3 is 11.9 Å². The number of esters is 2. The molecule has 36 heavy (non-hydrogen) atoms. The van der Waals surface area contributed by atoms with Crippen molar-refractivity contribution in [2.24, 2.45) is 17.8 Å². The average molecular weight is 514 g/mol. The van der Waals surface area contributed by atoms with Crippen molar-refractivity contribution < 1.29 is 38.6 Å². The first kappa shape index (κ1) is 31.3. The van der Waals surface area contributed by atoms with Gasteiger partial charge in [-0.25, -0.2) is 9.59 Å². The van der Waals surface area contributed by atoms with Crippen LogP contribution in [0.5, 0.6) is 0 Å². The van der Waals surface area contributed by atoms with E-state index in [1.807, 2.05) is 20.8 Å². The molecule has 1 aliphatic rings. The summed E-state index contributed by atoms with van der Waals surface area (Å²) in [6.07, 6.45) is -2.33. The fraction of sp³-hybridized carbons (Fsp3) is 0.800. The zero-order chi connectivity index (χ0) is 27.7. The number of amides is 3. The van der Waals surface area contributed by atoms with E-state index in [1.165, 1.54) is 13.8 Å². The van der Waals surface area contributed by atoms with Gasteiger partial charge in [0.25, 0.3) is 11.8 Å². The Kier molecular flexibility index (Phi) is 12.3. The first-order chi connectivity index (χ1) is 16.8. The number of aliphatic hydroxyl groups is 1. The van der Waals surface area contributed by atoms with E-state index in [2.05, 4.69) is 16.0 Å². The predicted octanol–water partition coefficient (Wildman–Crippen LogP) is 0.817. The van der Waals surface area contributed by atoms with Crippen LogP contribution in [0.2, 0.25) is 0 Å². The van der Waals surface area contributed by atoms with Crippen LogP contribution in [0.25, 0.3) is 0 Å². The largest absolute Gasteiger partial charge is 0.450 e. The summed E-state index contributed by atoms with van der Waals surface area (Å²) in [6, 6.07) is -3.69. The van der Waals surface area contributed by atoms with Crippen LogP contribution in [0.1, 0.15) is 74.7 Å². The van der Waals surface area contributed by atoms with Crippen LogP contribution < -0.4 is 16.0 Å². The quantitative estimate of drug-likeness (QED) is 0.364. The number of rotatable bonds is 7. The molecule has 0 spiro atoms. The van der Waals surface area contributed by atoms with E-state index >= 15 is 0 Å². The second-order valence-corrected chi connectivity index (χ2v) is 9.81. The minimum atomic E-state index is -1.48. The SMILES string of the molecule is CC[C@@H](C)[C@@H]1OC(=O)[C@H]([C@@H](C)O)NC(=O)[C@H](C)NC(=O)[C@H]([C@H](C)CC)OC(=O)[C@H]([C@@H](C)CC)NC1=O. The van der Waals surface area contributed by atoms with Crippen LogP contribution in [0.4, 0.5) is 0 Å². The molecule has 1 aliphatic heterocycles. The number of carbonyl (C=O) groups is 5. The molecule has 206 valence electrons. The molecule has 1 saturated heterocycles. The molecule has 0 aromatic carbocycles. The minimum absolute atomic E-state index is 0.349. The van der Waals surface area contributed by atoms with Gasteiger partial charge in [0.05, 0.1) is 6.10 Å². The Hall–Kier alpha value is -2.69. The topological polar surface area (TPSA) is 160 Å². The molecule has 0 unspecified atom stereocenters. The molecule has 1 fully saturated rings. The highest BCUT2D eigenvalue weighted by molar-refractivity contribution is 5.94. The predicted molar refractivity (Wildman–Crippen MR) is 131 cm³/mol. The van der Waals surface area contributed by atoms with Crippen molar-refractivity contribution in [1.29, 1.82) is 0 Å². The normalized spacial score (nSPS) is 30.2. The number of nitrogens with one attached hydrogen (secondary N) is 3. The second-order valence-electron chi connectivity index (χ2n) is 9.81. The van der Waals surface area contributed by atoms with Gasteiger partial charge in [-0.15, -0.1) is 0 Å². The zero-order valence-electron chi connectivity index (χ0n) is 22.6. The molecule has 0 aromatic heterocycles. The molecular formula is C25H43N3O8. The summed E-state index contributed by atoms with van der Waals surface area (Å²) in [4.78, 5) is 65.2. The maximum atomic E-state index is 13.3. The third-order valence-corrected chi connectivity index (χ3v) is 6.88. The Morgan fingerprint density at radius 2 is 1.06 bits per heavy atom. The van der Waals surface area contributed by atoms with E-state index in [0.717, 1.165) is 0 Å². The van der Waals surface area contributed by atoms with Crippen molar-refractivity contribution in [2.45, 2.75) is 111 Å². The highest BCUT2D eigenvalue weighted by Gasteiger charge is 2.40. The molecule has 0 saturated carbocycles. The molecular weight excluding hydrogens is 470 g/mol. The van der Waals surface area contributed by atoms with Crippen molar-refractivity contribution in [2.75, 3.05) is 0 Å². The van der Waals surface area contributed by atoms with Gasteiger partial charge in [-0.05, 0) is 32.6 Å². The van der Waals surface area contributed by atoms with Gasteiger partial charge in [-0.2, -0.15) is 0 Å². The summed E-state index contributed by atoms with van der Waals surface area (Å²) in [7, 11) is 0. The lowest BCUT2D eigenvalue weighted by molar-refractivity contribution is -0.167.